The number of sulfonamides is 1. The number of H-pyrrole nitrogens is 1. The summed E-state index contributed by atoms with van der Waals surface area (Å²) in [6.45, 7) is 6.41. The third-order valence-electron chi connectivity index (χ3n) is 5.59. The first-order valence-corrected chi connectivity index (χ1v) is 12.2. The molecule has 3 aromatic rings. The average Bonchev–Trinajstić information content (AvgIpc) is 3.12. The van der Waals surface area contributed by atoms with Gasteiger partial charge in [-0.25, -0.2) is 18.4 Å². The topological polar surface area (TPSA) is 108 Å². The van der Waals surface area contributed by atoms with Crippen molar-refractivity contribution in [3.05, 3.63) is 52.5 Å². The van der Waals surface area contributed by atoms with Crippen LogP contribution in [0.2, 0.25) is 0 Å². The summed E-state index contributed by atoms with van der Waals surface area (Å²) in [6, 6.07) is 6.94. The van der Waals surface area contributed by atoms with E-state index in [0.29, 0.717) is 23.4 Å². The maximum Gasteiger partial charge on any atom is 0.256 e. The number of carbonyl (C=O) groups is 1. The van der Waals surface area contributed by atoms with Crippen LogP contribution in [0.25, 0.3) is 11.2 Å². The molecule has 2 aromatic heterocycles. The largest absolute Gasteiger partial charge is 0.339 e. The highest BCUT2D eigenvalue weighted by atomic mass is 32.2. The molecule has 0 radical (unpaired) electrons. The van der Waals surface area contributed by atoms with Crippen LogP contribution in [0.15, 0.2) is 24.3 Å². The van der Waals surface area contributed by atoms with Gasteiger partial charge in [-0.05, 0) is 63.8 Å². The lowest BCUT2D eigenvalue weighted by molar-refractivity contribution is 0.0602. The van der Waals surface area contributed by atoms with Crippen LogP contribution in [0.3, 0.4) is 0 Å². The molecule has 1 atom stereocenters. The number of aromatic amines is 1. The van der Waals surface area contributed by atoms with E-state index in [4.69, 9.17) is 4.98 Å². The summed E-state index contributed by atoms with van der Waals surface area (Å²) in [5.41, 5.74) is 5.02. The van der Waals surface area contributed by atoms with Crippen LogP contribution in [-0.4, -0.2) is 47.0 Å². The van der Waals surface area contributed by atoms with Crippen molar-refractivity contribution >= 4 is 32.8 Å². The number of fused-ring (bicyclic) bond motifs is 1. The minimum Gasteiger partial charge on any atom is -0.339 e. The van der Waals surface area contributed by atoms with E-state index in [1.807, 2.05) is 26.8 Å². The number of benzene rings is 1. The average molecular weight is 442 g/mol. The number of carbonyl (C=O) groups excluding carboxylic acids is 1. The van der Waals surface area contributed by atoms with Crippen molar-refractivity contribution < 1.29 is 13.2 Å². The minimum atomic E-state index is -3.52. The van der Waals surface area contributed by atoms with Gasteiger partial charge in [0.25, 0.3) is 5.91 Å². The molecule has 1 amide bonds. The van der Waals surface area contributed by atoms with Crippen LogP contribution >= 0.6 is 0 Å². The number of aryl methyl sites for hydroxylation is 3. The Balaban J connectivity index is 1.74. The maximum absolute atomic E-state index is 13.6. The number of hydrogen-bond donors (Lipinski definition) is 2. The molecule has 0 spiro atoms. The first kappa shape index (κ1) is 21.3. The SMILES string of the molecule is Cc1ccc(NS(C)(=O)=O)c(C(=O)N2CCCCC2c2nc3nc(C)cc(C)c3[nH]2)c1. The molecule has 1 unspecified atom stereocenters. The number of nitrogens with zero attached hydrogens (tertiary/aromatic N) is 3. The Morgan fingerprint density at radius 1 is 1.16 bits per heavy atom. The molecule has 4 rings (SSSR count). The molecule has 1 aromatic carbocycles. The molecule has 8 nitrogen and oxygen atoms in total. The molecule has 0 bridgehead atoms. The lowest BCUT2D eigenvalue weighted by Gasteiger charge is -2.35. The summed E-state index contributed by atoms with van der Waals surface area (Å²) in [5, 5.41) is 0. The fraction of sp³-hybridized carbons (Fsp3) is 0.409. The number of hydrogen-bond acceptors (Lipinski definition) is 5. The molecular formula is C22H27N5O3S. The van der Waals surface area contributed by atoms with E-state index in [2.05, 4.69) is 14.7 Å². The summed E-state index contributed by atoms with van der Waals surface area (Å²) in [4.78, 5) is 28.0. The van der Waals surface area contributed by atoms with Crippen LogP contribution in [0.4, 0.5) is 5.69 Å². The number of piperidine rings is 1. The minimum absolute atomic E-state index is 0.208. The predicted octanol–water partition coefficient (Wildman–Crippen LogP) is 3.62. The zero-order valence-corrected chi connectivity index (χ0v) is 19.0. The van der Waals surface area contributed by atoms with Crippen molar-refractivity contribution in [3.63, 3.8) is 0 Å². The third kappa shape index (κ3) is 4.41. The lowest BCUT2D eigenvalue weighted by atomic mass is 9.99. The number of rotatable bonds is 4. The standard InChI is InChI=1S/C22H27N5O3S/c1-13-8-9-17(26-31(4,29)30)16(11-13)22(28)27-10-6-5-7-18(27)20-24-19-14(2)12-15(3)23-21(19)25-20/h8-9,11-12,18,26H,5-7,10H2,1-4H3,(H,23,24,25). The van der Waals surface area contributed by atoms with E-state index in [0.717, 1.165) is 53.7 Å². The summed E-state index contributed by atoms with van der Waals surface area (Å²) >= 11 is 0. The number of imidazole rings is 1. The van der Waals surface area contributed by atoms with E-state index >= 15 is 0 Å². The summed E-state index contributed by atoms with van der Waals surface area (Å²) < 4.78 is 26.1. The maximum atomic E-state index is 13.6. The fourth-order valence-corrected chi connectivity index (χ4v) is 4.80. The second kappa shape index (κ2) is 7.96. The highest BCUT2D eigenvalue weighted by Gasteiger charge is 2.32. The number of nitrogens with one attached hydrogen (secondary N) is 2. The highest BCUT2D eigenvalue weighted by molar-refractivity contribution is 7.92. The molecule has 0 aliphatic carbocycles. The van der Waals surface area contributed by atoms with Gasteiger partial charge in [0.1, 0.15) is 5.82 Å². The monoisotopic (exact) mass is 441 g/mol. The van der Waals surface area contributed by atoms with E-state index in [1.165, 1.54) is 0 Å². The number of likely N-dealkylation sites (tertiary alicyclic amines) is 1. The van der Waals surface area contributed by atoms with Crippen molar-refractivity contribution in [2.45, 2.75) is 46.1 Å². The number of anilines is 1. The van der Waals surface area contributed by atoms with Gasteiger partial charge in [0.2, 0.25) is 10.0 Å². The molecule has 2 N–H and O–H groups in total. The molecule has 164 valence electrons. The first-order chi connectivity index (χ1) is 14.6. The Labute approximate surface area is 182 Å². The van der Waals surface area contributed by atoms with Gasteiger partial charge in [-0.15, -0.1) is 0 Å². The normalized spacial score (nSPS) is 17.2. The lowest BCUT2D eigenvalue weighted by Crippen LogP contribution is -2.39. The van der Waals surface area contributed by atoms with Crippen LogP contribution < -0.4 is 4.72 Å². The van der Waals surface area contributed by atoms with Crippen LogP contribution in [0, 0.1) is 20.8 Å². The number of pyridine rings is 1. The van der Waals surface area contributed by atoms with Crippen molar-refractivity contribution in [2.75, 3.05) is 17.5 Å². The van der Waals surface area contributed by atoms with Gasteiger partial charge >= 0.3 is 0 Å². The molecule has 0 saturated carbocycles. The van der Waals surface area contributed by atoms with E-state index in [9.17, 15) is 13.2 Å². The highest BCUT2D eigenvalue weighted by Crippen LogP contribution is 2.33. The van der Waals surface area contributed by atoms with E-state index < -0.39 is 10.0 Å². The number of aromatic nitrogens is 3. The molecule has 1 fully saturated rings. The Kier molecular flexibility index (Phi) is 5.47. The third-order valence-corrected chi connectivity index (χ3v) is 6.18. The van der Waals surface area contributed by atoms with Gasteiger partial charge < -0.3 is 9.88 Å². The molecule has 31 heavy (non-hydrogen) atoms. The van der Waals surface area contributed by atoms with Gasteiger partial charge in [-0.3, -0.25) is 9.52 Å². The van der Waals surface area contributed by atoms with Crippen LogP contribution in [0.5, 0.6) is 0 Å². The van der Waals surface area contributed by atoms with E-state index in [1.54, 1.807) is 23.1 Å². The van der Waals surface area contributed by atoms with Gasteiger partial charge in [0.05, 0.1) is 29.1 Å². The summed E-state index contributed by atoms with van der Waals surface area (Å²) in [7, 11) is -3.52. The molecule has 1 aliphatic heterocycles. The molecular weight excluding hydrogens is 414 g/mol. The Morgan fingerprint density at radius 2 is 1.94 bits per heavy atom. The number of amides is 1. The quantitative estimate of drug-likeness (QED) is 0.643. The van der Waals surface area contributed by atoms with Crippen molar-refractivity contribution in [1.29, 1.82) is 0 Å². The first-order valence-electron chi connectivity index (χ1n) is 10.4. The van der Waals surface area contributed by atoms with E-state index in [-0.39, 0.29) is 11.9 Å². The molecule has 1 aliphatic rings. The zero-order chi connectivity index (χ0) is 22.3. The Bertz CT molecular complexity index is 1270. The van der Waals surface area contributed by atoms with Gasteiger partial charge in [-0.1, -0.05) is 11.6 Å². The van der Waals surface area contributed by atoms with Gasteiger partial charge in [0, 0.05) is 12.2 Å². The van der Waals surface area contributed by atoms with Crippen molar-refractivity contribution in [3.8, 4) is 0 Å². The second-order valence-electron chi connectivity index (χ2n) is 8.33. The summed E-state index contributed by atoms with van der Waals surface area (Å²) in [5.74, 6) is 0.510. The van der Waals surface area contributed by atoms with Gasteiger partial charge in [-0.2, -0.15) is 0 Å². The second-order valence-corrected chi connectivity index (χ2v) is 10.1. The summed E-state index contributed by atoms with van der Waals surface area (Å²) in [6.07, 6.45) is 3.74. The molecule has 3 heterocycles. The zero-order valence-electron chi connectivity index (χ0n) is 18.2. The predicted molar refractivity (Wildman–Crippen MR) is 121 cm³/mol. The smallest absolute Gasteiger partial charge is 0.256 e. The Morgan fingerprint density at radius 3 is 2.68 bits per heavy atom. The van der Waals surface area contributed by atoms with Crippen LogP contribution in [0.1, 0.15) is 58.3 Å². The van der Waals surface area contributed by atoms with Crippen LogP contribution in [-0.2, 0) is 10.0 Å². The van der Waals surface area contributed by atoms with Gasteiger partial charge in [0.15, 0.2) is 5.65 Å². The van der Waals surface area contributed by atoms with Crippen molar-refractivity contribution in [1.82, 2.24) is 19.9 Å². The Hall–Kier alpha value is -2.94. The molecule has 1 saturated heterocycles. The van der Waals surface area contributed by atoms with Crippen molar-refractivity contribution in [2.24, 2.45) is 0 Å². The fourth-order valence-electron chi connectivity index (χ4n) is 4.22. The molecule has 9 heteroatoms.